The van der Waals surface area contributed by atoms with Crippen molar-refractivity contribution in [2.75, 3.05) is 18.5 Å². The van der Waals surface area contributed by atoms with Crippen LogP contribution in [0, 0.1) is 13.8 Å². The summed E-state index contributed by atoms with van der Waals surface area (Å²) in [6.45, 7) is 7.05. The van der Waals surface area contributed by atoms with Gasteiger partial charge < -0.3 is 9.64 Å². The van der Waals surface area contributed by atoms with Gasteiger partial charge in [-0.1, -0.05) is 23.7 Å². The number of rotatable bonds is 7. The molecule has 5 nitrogen and oxygen atoms in total. The van der Waals surface area contributed by atoms with E-state index in [-0.39, 0.29) is 0 Å². The highest BCUT2D eigenvalue weighted by atomic mass is 35.5. The molecule has 0 aliphatic heterocycles. The summed E-state index contributed by atoms with van der Waals surface area (Å²) < 4.78 is 10.4. The summed E-state index contributed by atoms with van der Waals surface area (Å²) in [5, 5.41) is 1.27. The van der Waals surface area contributed by atoms with Gasteiger partial charge in [-0.15, -0.1) is 0 Å². The molecule has 28 heavy (non-hydrogen) atoms. The van der Waals surface area contributed by atoms with Crippen molar-refractivity contribution in [3.05, 3.63) is 63.9 Å². The third kappa shape index (κ3) is 4.88. The third-order valence-electron chi connectivity index (χ3n) is 4.32. The number of aromatic nitrogens is 2. The fraction of sp³-hybridized carbons (Fsp3) is 0.286. The second-order valence-corrected chi connectivity index (χ2v) is 7.60. The molecule has 0 aliphatic rings. The Hall–Kier alpha value is -2.44. The van der Waals surface area contributed by atoms with Gasteiger partial charge in [-0.2, -0.15) is 9.36 Å². The lowest BCUT2D eigenvalue weighted by Gasteiger charge is -2.21. The van der Waals surface area contributed by atoms with E-state index in [2.05, 4.69) is 39.2 Å². The average Bonchev–Trinajstić information content (AvgIpc) is 3.11. The lowest BCUT2D eigenvalue weighted by molar-refractivity contribution is 0.473. The van der Waals surface area contributed by atoms with Gasteiger partial charge in [0.05, 0.1) is 6.34 Å². The van der Waals surface area contributed by atoms with Crippen LogP contribution < -0.4 is 9.64 Å². The van der Waals surface area contributed by atoms with E-state index in [1.165, 1.54) is 11.5 Å². The molecular weight excluding hydrogens is 392 g/mol. The number of ether oxygens (including phenoxy) is 1. The molecule has 0 radical (unpaired) electrons. The summed E-state index contributed by atoms with van der Waals surface area (Å²) in [6, 6.07) is 11.9. The van der Waals surface area contributed by atoms with E-state index in [1.807, 2.05) is 43.6 Å². The highest BCUT2D eigenvalue weighted by Crippen LogP contribution is 2.32. The second kappa shape index (κ2) is 9.17. The highest BCUT2D eigenvalue weighted by Gasteiger charge is 2.13. The summed E-state index contributed by atoms with van der Waals surface area (Å²) in [4.78, 5) is 10.8. The van der Waals surface area contributed by atoms with Crippen molar-refractivity contribution in [1.82, 2.24) is 9.36 Å². The van der Waals surface area contributed by atoms with Gasteiger partial charge in [0.1, 0.15) is 5.75 Å². The number of anilines is 1. The molecule has 7 heteroatoms. The molecule has 0 atom stereocenters. The molecule has 0 saturated heterocycles. The lowest BCUT2D eigenvalue weighted by Crippen LogP contribution is -2.21. The van der Waals surface area contributed by atoms with Gasteiger partial charge in [-0.3, -0.25) is 4.99 Å². The first-order valence-electron chi connectivity index (χ1n) is 9.05. The van der Waals surface area contributed by atoms with Crippen molar-refractivity contribution in [2.24, 2.45) is 4.99 Å². The molecule has 1 aromatic heterocycles. The van der Waals surface area contributed by atoms with Crippen molar-refractivity contribution in [3.63, 3.8) is 0 Å². The Morgan fingerprint density at radius 2 is 1.93 bits per heavy atom. The van der Waals surface area contributed by atoms with Gasteiger partial charge in [0.15, 0.2) is 5.82 Å². The molecule has 3 rings (SSSR count). The summed E-state index contributed by atoms with van der Waals surface area (Å²) in [5.41, 5.74) is 4.40. The normalized spacial score (nSPS) is 11.2. The molecule has 0 amide bonds. The first-order chi connectivity index (χ1) is 13.5. The topological polar surface area (TPSA) is 50.6 Å². The maximum Gasteiger partial charge on any atom is 0.298 e. The average molecular weight is 415 g/mol. The Labute approximate surface area is 174 Å². The Morgan fingerprint density at radius 3 is 2.61 bits per heavy atom. The second-order valence-electron chi connectivity index (χ2n) is 6.45. The van der Waals surface area contributed by atoms with E-state index in [9.17, 15) is 0 Å². The Bertz CT molecular complexity index is 969. The minimum Gasteiger partial charge on any atom is -0.430 e. The minimum atomic E-state index is 0.543. The van der Waals surface area contributed by atoms with Crippen LogP contribution in [-0.2, 0) is 6.42 Å². The Kier molecular flexibility index (Phi) is 6.65. The quantitative estimate of drug-likeness (QED) is 0.369. The van der Waals surface area contributed by atoms with Crippen LogP contribution in [0.25, 0.3) is 0 Å². The Balaban J connectivity index is 1.76. The van der Waals surface area contributed by atoms with Crippen LogP contribution in [0.5, 0.6) is 10.9 Å². The number of aryl methyl sites for hydroxylation is 2. The van der Waals surface area contributed by atoms with E-state index in [0.29, 0.717) is 11.6 Å². The molecule has 0 fully saturated rings. The zero-order valence-electron chi connectivity index (χ0n) is 16.4. The molecule has 0 saturated carbocycles. The fourth-order valence-electron chi connectivity index (χ4n) is 2.88. The van der Waals surface area contributed by atoms with Gasteiger partial charge in [-0.05, 0) is 61.7 Å². The molecule has 1 heterocycles. The first kappa shape index (κ1) is 20.3. The van der Waals surface area contributed by atoms with E-state index < -0.39 is 0 Å². The van der Waals surface area contributed by atoms with E-state index in [4.69, 9.17) is 16.3 Å². The van der Waals surface area contributed by atoms with Crippen LogP contribution in [0.15, 0.2) is 41.4 Å². The molecule has 3 aromatic rings. The van der Waals surface area contributed by atoms with Gasteiger partial charge in [0, 0.05) is 42.3 Å². The molecular formula is C21H23ClN4OS. The predicted octanol–water partition coefficient (Wildman–Crippen LogP) is 5.68. The maximum absolute atomic E-state index is 6.03. The SMILES string of the molecule is CCN(C=NC)c1cc(C)c(Oc2nc(Cc3ccc(Cl)cc3)ns2)cc1C. The van der Waals surface area contributed by atoms with Gasteiger partial charge >= 0.3 is 0 Å². The minimum absolute atomic E-state index is 0.543. The number of nitrogens with zero attached hydrogens (tertiary/aromatic N) is 4. The van der Waals surface area contributed by atoms with Crippen molar-refractivity contribution in [3.8, 4) is 10.9 Å². The standard InChI is InChI=1S/C21H23ClN4OS/c1-5-26(13-23-4)18-10-15(3)19(11-14(18)2)27-21-24-20(25-28-21)12-16-6-8-17(22)9-7-16/h6-11,13H,5,12H2,1-4H3. The smallest absolute Gasteiger partial charge is 0.298 e. The molecule has 146 valence electrons. The number of halogens is 1. The molecule has 0 unspecified atom stereocenters. The predicted molar refractivity (Wildman–Crippen MR) is 118 cm³/mol. The van der Waals surface area contributed by atoms with Crippen LogP contribution in [0.1, 0.15) is 29.4 Å². The van der Waals surface area contributed by atoms with Crippen LogP contribution in [0.4, 0.5) is 5.69 Å². The highest BCUT2D eigenvalue weighted by molar-refractivity contribution is 7.07. The van der Waals surface area contributed by atoms with Crippen LogP contribution >= 0.6 is 23.1 Å². The monoisotopic (exact) mass is 414 g/mol. The molecule has 0 aliphatic carbocycles. The van der Waals surface area contributed by atoms with Gasteiger partial charge in [0.2, 0.25) is 0 Å². The van der Waals surface area contributed by atoms with Crippen molar-refractivity contribution in [2.45, 2.75) is 27.2 Å². The first-order valence-corrected chi connectivity index (χ1v) is 10.2. The van der Waals surface area contributed by atoms with Gasteiger partial charge in [-0.25, -0.2) is 0 Å². The van der Waals surface area contributed by atoms with Crippen molar-refractivity contribution < 1.29 is 4.74 Å². The number of hydrogen-bond donors (Lipinski definition) is 0. The number of hydrogen-bond acceptors (Lipinski definition) is 5. The molecule has 2 aromatic carbocycles. The summed E-state index contributed by atoms with van der Waals surface area (Å²) in [5.74, 6) is 1.53. The summed E-state index contributed by atoms with van der Waals surface area (Å²) in [6.07, 6.45) is 2.49. The molecule has 0 N–H and O–H groups in total. The van der Waals surface area contributed by atoms with Crippen LogP contribution in [0.3, 0.4) is 0 Å². The summed E-state index contributed by atoms with van der Waals surface area (Å²) >= 11 is 7.20. The van der Waals surface area contributed by atoms with E-state index in [1.54, 1.807) is 7.05 Å². The van der Waals surface area contributed by atoms with E-state index in [0.717, 1.165) is 45.5 Å². The fourth-order valence-corrected chi connectivity index (χ4v) is 3.57. The largest absolute Gasteiger partial charge is 0.430 e. The van der Waals surface area contributed by atoms with Crippen LogP contribution in [-0.4, -0.2) is 29.3 Å². The van der Waals surface area contributed by atoms with Gasteiger partial charge in [0.25, 0.3) is 5.19 Å². The summed E-state index contributed by atoms with van der Waals surface area (Å²) in [7, 11) is 1.78. The molecule has 0 bridgehead atoms. The zero-order chi connectivity index (χ0) is 20.1. The molecule has 0 spiro atoms. The lowest BCUT2D eigenvalue weighted by atomic mass is 10.1. The number of aliphatic imine (C=N–C) groups is 1. The number of benzene rings is 2. The van der Waals surface area contributed by atoms with Crippen LogP contribution in [0.2, 0.25) is 5.02 Å². The van der Waals surface area contributed by atoms with Crippen molar-refractivity contribution >= 4 is 35.2 Å². The van der Waals surface area contributed by atoms with E-state index >= 15 is 0 Å². The van der Waals surface area contributed by atoms with Crippen molar-refractivity contribution in [1.29, 1.82) is 0 Å². The third-order valence-corrected chi connectivity index (χ3v) is 5.21. The zero-order valence-corrected chi connectivity index (χ0v) is 18.0. The maximum atomic E-state index is 6.03. The Morgan fingerprint density at radius 1 is 1.18 bits per heavy atom.